The fourth-order valence-electron chi connectivity index (χ4n) is 5.06. The van der Waals surface area contributed by atoms with Crippen LogP contribution in [-0.4, -0.2) is 45.9 Å². The predicted molar refractivity (Wildman–Crippen MR) is 114 cm³/mol. The van der Waals surface area contributed by atoms with Crippen molar-refractivity contribution in [2.75, 3.05) is 18.4 Å². The molecule has 4 rings (SSSR count). The van der Waals surface area contributed by atoms with E-state index >= 15 is 0 Å². The molecule has 0 radical (unpaired) electrons. The maximum absolute atomic E-state index is 13.9. The molecule has 8 heteroatoms. The number of anilines is 1. The number of hydrogen-bond donors (Lipinski definition) is 1. The summed E-state index contributed by atoms with van der Waals surface area (Å²) in [6.07, 6.45) is 4.02. The number of carbonyl (C=O) groups excluding carboxylic acids is 1. The second-order valence-electron chi connectivity index (χ2n) is 10.4. The Morgan fingerprint density at radius 3 is 2.68 bits per heavy atom. The first kappa shape index (κ1) is 22.2. The molecule has 1 amide bonds. The number of rotatable bonds is 3. The van der Waals surface area contributed by atoms with Crippen molar-refractivity contribution in [1.82, 2.24) is 14.7 Å². The molecule has 0 aromatic carbocycles. The molecule has 5 nitrogen and oxygen atoms in total. The van der Waals surface area contributed by atoms with Crippen LogP contribution in [0, 0.1) is 11.8 Å². The van der Waals surface area contributed by atoms with Gasteiger partial charge in [-0.3, -0.25) is 4.79 Å². The number of halogens is 3. The van der Waals surface area contributed by atoms with Crippen molar-refractivity contribution in [2.45, 2.75) is 83.0 Å². The van der Waals surface area contributed by atoms with E-state index in [9.17, 15) is 18.0 Å². The van der Waals surface area contributed by atoms with Crippen LogP contribution < -0.4 is 5.32 Å². The summed E-state index contributed by atoms with van der Waals surface area (Å²) in [5.74, 6) is 0.872. The third-order valence-corrected chi connectivity index (χ3v) is 6.92. The molecule has 1 aromatic rings. The van der Waals surface area contributed by atoms with Gasteiger partial charge in [-0.05, 0) is 43.9 Å². The first-order valence-electron chi connectivity index (χ1n) is 11.4. The second kappa shape index (κ2) is 8.17. The maximum atomic E-state index is 13.9. The molecule has 3 aliphatic rings. The Morgan fingerprint density at radius 2 is 2.03 bits per heavy atom. The minimum Gasteiger partial charge on any atom is -0.367 e. The molecule has 2 unspecified atom stereocenters. The fraction of sp³-hybridized carbons (Fsp3) is 0.739. The largest absolute Gasteiger partial charge is 0.410 e. The van der Waals surface area contributed by atoms with E-state index in [0.717, 1.165) is 30.4 Å². The highest BCUT2D eigenvalue weighted by molar-refractivity contribution is 5.76. The number of amides is 1. The molecule has 0 spiro atoms. The Morgan fingerprint density at radius 1 is 1.26 bits per heavy atom. The third-order valence-electron chi connectivity index (χ3n) is 6.92. The molecule has 1 aromatic heterocycles. The minimum absolute atomic E-state index is 0.00315. The van der Waals surface area contributed by atoms with E-state index in [4.69, 9.17) is 0 Å². The molecule has 0 bridgehead atoms. The Hall–Kier alpha value is -1.99. The molecule has 1 N–H and O–H groups in total. The van der Waals surface area contributed by atoms with Gasteiger partial charge >= 0.3 is 6.18 Å². The SMILES string of the molecule is CC(C)(C)c1cc2n(n1)[C@@H](C(F)(F)F)C[C@@H](C1CCCN(C(=O)CC3C=CCC3)C1)N2. The summed E-state index contributed by atoms with van der Waals surface area (Å²) in [5.41, 5.74) is 0.315. The van der Waals surface area contributed by atoms with Gasteiger partial charge in [0.25, 0.3) is 0 Å². The lowest BCUT2D eigenvalue weighted by Crippen LogP contribution is -2.49. The van der Waals surface area contributed by atoms with Gasteiger partial charge in [0.1, 0.15) is 5.82 Å². The molecular weight excluding hydrogens is 405 g/mol. The van der Waals surface area contributed by atoms with Crippen LogP contribution in [0.1, 0.15) is 71.0 Å². The lowest BCUT2D eigenvalue weighted by atomic mass is 9.85. The molecule has 1 aliphatic carbocycles. The summed E-state index contributed by atoms with van der Waals surface area (Å²) >= 11 is 0. The average Bonchev–Trinajstić information content (AvgIpc) is 3.35. The molecular formula is C23H33F3N4O. The number of allylic oxidation sites excluding steroid dienone is 2. The van der Waals surface area contributed by atoms with Crippen molar-refractivity contribution in [1.29, 1.82) is 0 Å². The summed E-state index contributed by atoms with van der Waals surface area (Å²) < 4.78 is 42.9. The summed E-state index contributed by atoms with van der Waals surface area (Å²) in [6.45, 7) is 7.08. The van der Waals surface area contributed by atoms with E-state index in [-0.39, 0.29) is 29.7 Å². The van der Waals surface area contributed by atoms with Gasteiger partial charge < -0.3 is 10.2 Å². The number of hydrogen-bond acceptors (Lipinski definition) is 3. The van der Waals surface area contributed by atoms with E-state index in [1.54, 1.807) is 6.07 Å². The Labute approximate surface area is 182 Å². The number of nitrogens with zero attached hydrogens (tertiary/aromatic N) is 3. The summed E-state index contributed by atoms with van der Waals surface area (Å²) in [5, 5.41) is 7.66. The normalized spacial score (nSPS) is 29.0. The Kier molecular flexibility index (Phi) is 5.85. The molecule has 2 aliphatic heterocycles. The van der Waals surface area contributed by atoms with Crippen molar-refractivity contribution in [3.8, 4) is 0 Å². The average molecular weight is 439 g/mol. The first-order chi connectivity index (χ1) is 14.5. The number of likely N-dealkylation sites (tertiary alicyclic amines) is 1. The molecule has 0 saturated carbocycles. The third kappa shape index (κ3) is 4.77. The topological polar surface area (TPSA) is 50.2 Å². The van der Waals surface area contributed by atoms with Gasteiger partial charge in [0, 0.05) is 37.0 Å². The smallest absolute Gasteiger partial charge is 0.367 e. The van der Waals surface area contributed by atoms with Crippen LogP contribution in [0.3, 0.4) is 0 Å². The number of fused-ring (bicyclic) bond motifs is 1. The van der Waals surface area contributed by atoms with Crippen molar-refractivity contribution >= 4 is 11.7 Å². The number of aromatic nitrogens is 2. The van der Waals surface area contributed by atoms with E-state index in [2.05, 4.69) is 22.6 Å². The van der Waals surface area contributed by atoms with Gasteiger partial charge in [-0.2, -0.15) is 18.3 Å². The zero-order valence-electron chi connectivity index (χ0n) is 18.6. The minimum atomic E-state index is -4.37. The van der Waals surface area contributed by atoms with Crippen LogP contribution in [0.15, 0.2) is 18.2 Å². The van der Waals surface area contributed by atoms with Crippen LogP contribution in [0.4, 0.5) is 19.0 Å². The number of piperidine rings is 1. The van der Waals surface area contributed by atoms with Gasteiger partial charge in [0.15, 0.2) is 6.04 Å². The lowest BCUT2D eigenvalue weighted by molar-refractivity contribution is -0.175. The molecule has 1 saturated heterocycles. The second-order valence-corrected chi connectivity index (χ2v) is 10.4. The maximum Gasteiger partial charge on any atom is 0.410 e. The lowest BCUT2D eigenvalue weighted by Gasteiger charge is -2.41. The van der Waals surface area contributed by atoms with E-state index in [1.165, 1.54) is 0 Å². The van der Waals surface area contributed by atoms with Gasteiger partial charge in [-0.25, -0.2) is 4.68 Å². The van der Waals surface area contributed by atoms with E-state index < -0.39 is 12.2 Å². The summed E-state index contributed by atoms with van der Waals surface area (Å²) in [6, 6.07) is -0.214. The summed E-state index contributed by atoms with van der Waals surface area (Å²) in [7, 11) is 0. The van der Waals surface area contributed by atoms with E-state index in [1.807, 2.05) is 25.7 Å². The van der Waals surface area contributed by atoms with Crippen molar-refractivity contribution < 1.29 is 18.0 Å². The first-order valence-corrected chi connectivity index (χ1v) is 11.4. The number of alkyl halides is 3. The van der Waals surface area contributed by atoms with Gasteiger partial charge in [-0.1, -0.05) is 32.9 Å². The fourth-order valence-corrected chi connectivity index (χ4v) is 5.06. The van der Waals surface area contributed by atoms with Gasteiger partial charge in [0.05, 0.1) is 5.69 Å². The number of carbonyl (C=O) groups is 1. The molecule has 4 atom stereocenters. The summed E-state index contributed by atoms with van der Waals surface area (Å²) in [4.78, 5) is 14.7. The van der Waals surface area contributed by atoms with Crippen molar-refractivity contribution in [3.05, 3.63) is 23.9 Å². The van der Waals surface area contributed by atoms with Crippen LogP contribution in [0.2, 0.25) is 0 Å². The highest BCUT2D eigenvalue weighted by atomic mass is 19.4. The van der Waals surface area contributed by atoms with Crippen LogP contribution in [-0.2, 0) is 10.2 Å². The van der Waals surface area contributed by atoms with Crippen LogP contribution in [0.5, 0.6) is 0 Å². The zero-order chi connectivity index (χ0) is 22.4. The molecule has 1 fully saturated rings. The van der Waals surface area contributed by atoms with Gasteiger partial charge in [-0.15, -0.1) is 0 Å². The number of nitrogens with one attached hydrogen (secondary N) is 1. The van der Waals surface area contributed by atoms with Gasteiger partial charge in [0.2, 0.25) is 5.91 Å². The van der Waals surface area contributed by atoms with Crippen LogP contribution >= 0.6 is 0 Å². The van der Waals surface area contributed by atoms with Crippen LogP contribution in [0.25, 0.3) is 0 Å². The standard InChI is InChI=1S/C23H33F3N4O/c1-22(2,3)18-13-20-27-17(12-19(23(24,25)26)30(20)28-18)16-9-6-10-29(14-16)21(31)11-15-7-4-5-8-15/h4,7,13,15-17,19,27H,5-6,8-12,14H2,1-3H3/t15?,16?,17-,19+/m0/s1. The highest BCUT2D eigenvalue weighted by Gasteiger charge is 2.48. The van der Waals surface area contributed by atoms with E-state index in [0.29, 0.717) is 36.9 Å². The quantitative estimate of drug-likeness (QED) is 0.671. The monoisotopic (exact) mass is 438 g/mol. The predicted octanol–water partition coefficient (Wildman–Crippen LogP) is 5.06. The highest BCUT2D eigenvalue weighted by Crippen LogP contribution is 2.43. The molecule has 31 heavy (non-hydrogen) atoms. The Bertz CT molecular complexity index is 839. The Balaban J connectivity index is 1.50. The van der Waals surface area contributed by atoms with Crippen molar-refractivity contribution in [2.24, 2.45) is 11.8 Å². The molecule has 172 valence electrons. The molecule has 3 heterocycles. The zero-order valence-corrected chi connectivity index (χ0v) is 18.6. The van der Waals surface area contributed by atoms with Crippen molar-refractivity contribution in [3.63, 3.8) is 0 Å².